The summed E-state index contributed by atoms with van der Waals surface area (Å²) in [5, 5.41) is 6.22. The highest BCUT2D eigenvalue weighted by Crippen LogP contribution is 2.27. The monoisotopic (exact) mass is 353 g/mol. The van der Waals surface area contributed by atoms with E-state index in [-0.39, 0.29) is 5.91 Å². The smallest absolute Gasteiger partial charge is 0.265 e. The van der Waals surface area contributed by atoms with Crippen LogP contribution in [-0.4, -0.2) is 15.9 Å². The van der Waals surface area contributed by atoms with Gasteiger partial charge in [0, 0.05) is 0 Å². The number of hydrogen-bond acceptors (Lipinski definition) is 3. The molecule has 2 aromatic heterocycles. The lowest BCUT2D eigenvalue weighted by Gasteiger charge is -2.22. The van der Waals surface area contributed by atoms with Gasteiger partial charge in [0.25, 0.3) is 9.70 Å². The van der Waals surface area contributed by atoms with Gasteiger partial charge in [-0.15, -0.1) is 11.3 Å². The Balaban J connectivity index is 1.99. The number of rotatable bonds is 5. The maximum absolute atomic E-state index is 12.0. The molecule has 20 heavy (non-hydrogen) atoms. The van der Waals surface area contributed by atoms with Crippen LogP contribution < -0.4 is 10.6 Å². The molecular formula is C12H12Cl3N2O2S+. The molecule has 2 rings (SSSR count). The summed E-state index contributed by atoms with van der Waals surface area (Å²) in [5.74, 6) is 0.460. The molecule has 3 N–H and O–H groups in total. The largest absolute Gasteiger partial charge is 0.463 e. The fourth-order valence-corrected chi connectivity index (χ4v) is 2.62. The molecular weight excluding hydrogens is 343 g/mol. The Morgan fingerprint density at radius 1 is 1.40 bits per heavy atom. The first-order chi connectivity index (χ1) is 9.47. The molecule has 4 nitrogen and oxygen atoms in total. The highest BCUT2D eigenvalue weighted by molar-refractivity contribution is 7.12. The molecule has 0 spiro atoms. The second kappa shape index (κ2) is 6.83. The second-order valence-corrected chi connectivity index (χ2v) is 7.31. The molecule has 1 amide bonds. The van der Waals surface area contributed by atoms with Crippen LogP contribution in [0.4, 0.5) is 0 Å². The van der Waals surface area contributed by atoms with Crippen LogP contribution in [0.5, 0.6) is 0 Å². The van der Waals surface area contributed by atoms with Gasteiger partial charge in [-0.2, -0.15) is 0 Å². The van der Waals surface area contributed by atoms with Crippen molar-refractivity contribution in [2.24, 2.45) is 0 Å². The molecule has 108 valence electrons. The van der Waals surface area contributed by atoms with Gasteiger partial charge in [0.1, 0.15) is 6.54 Å². The van der Waals surface area contributed by atoms with E-state index in [2.05, 4.69) is 5.32 Å². The maximum atomic E-state index is 12.0. The fourth-order valence-electron chi connectivity index (χ4n) is 1.56. The molecule has 8 heteroatoms. The van der Waals surface area contributed by atoms with E-state index < -0.39 is 9.96 Å². The molecule has 0 bridgehead atoms. The molecule has 0 unspecified atom stereocenters. The van der Waals surface area contributed by atoms with E-state index in [1.807, 2.05) is 11.4 Å². The van der Waals surface area contributed by atoms with Gasteiger partial charge in [-0.25, -0.2) is 0 Å². The Morgan fingerprint density at radius 2 is 2.20 bits per heavy atom. The van der Waals surface area contributed by atoms with E-state index in [1.165, 1.54) is 11.3 Å². The number of nitrogens with one attached hydrogen (secondary N) is 1. The first kappa shape index (κ1) is 15.7. The van der Waals surface area contributed by atoms with Crippen molar-refractivity contribution < 1.29 is 14.5 Å². The zero-order valence-corrected chi connectivity index (χ0v) is 13.3. The number of carbonyl (C=O) groups is 1. The lowest BCUT2D eigenvalue weighted by Crippen LogP contribution is -2.95. The molecule has 0 fully saturated rings. The molecule has 0 radical (unpaired) electrons. The van der Waals surface area contributed by atoms with Crippen molar-refractivity contribution in [2.45, 2.75) is 16.5 Å². The molecule has 1 atom stereocenters. The van der Waals surface area contributed by atoms with Crippen LogP contribution in [0.25, 0.3) is 0 Å². The minimum absolute atomic E-state index is 0.271. The summed E-state index contributed by atoms with van der Waals surface area (Å²) in [4.78, 5) is 12.6. The zero-order valence-electron chi connectivity index (χ0n) is 10.2. The van der Waals surface area contributed by atoms with E-state index in [1.54, 1.807) is 29.8 Å². The Morgan fingerprint density at radius 3 is 2.75 bits per heavy atom. The predicted octanol–water partition coefficient (Wildman–Crippen LogP) is 2.53. The van der Waals surface area contributed by atoms with Gasteiger partial charge in [-0.05, 0) is 23.6 Å². The average Bonchev–Trinajstić information content (AvgIpc) is 3.04. The van der Waals surface area contributed by atoms with Gasteiger partial charge in [0.15, 0.2) is 5.76 Å². The second-order valence-electron chi connectivity index (χ2n) is 3.99. The number of furan rings is 1. The Hall–Kier alpha value is -0.720. The summed E-state index contributed by atoms with van der Waals surface area (Å²) >= 11 is 19.0. The van der Waals surface area contributed by atoms with Crippen molar-refractivity contribution in [3.63, 3.8) is 0 Å². The lowest BCUT2D eigenvalue weighted by molar-refractivity contribution is -0.708. The normalized spacial score (nSPS) is 13.2. The standard InChI is InChI=1S/C12H11Cl3N2O2S/c13-12(14,15)11(16-7-8-3-1-5-19-8)17-10(18)9-4-2-6-20-9/h1-6,11,16H,7H2,(H,17,18)/p+1/t11-/m1/s1. The molecule has 2 aromatic rings. The highest BCUT2D eigenvalue weighted by Gasteiger charge is 2.37. The molecule has 0 aromatic carbocycles. The van der Waals surface area contributed by atoms with Gasteiger partial charge in [0.05, 0.1) is 11.1 Å². The summed E-state index contributed by atoms with van der Waals surface area (Å²) in [5.41, 5.74) is 0. The van der Waals surface area contributed by atoms with Crippen LogP contribution in [0.3, 0.4) is 0 Å². The number of amides is 1. The van der Waals surface area contributed by atoms with Crippen molar-refractivity contribution in [1.82, 2.24) is 5.32 Å². The average molecular weight is 355 g/mol. The van der Waals surface area contributed by atoms with Gasteiger partial charge >= 0.3 is 0 Å². The van der Waals surface area contributed by atoms with Crippen LogP contribution in [-0.2, 0) is 6.54 Å². The molecule has 2 heterocycles. The van der Waals surface area contributed by atoms with Crippen molar-refractivity contribution in [3.05, 3.63) is 46.5 Å². The van der Waals surface area contributed by atoms with Gasteiger partial charge in [0.2, 0.25) is 6.17 Å². The number of carbonyl (C=O) groups excluding carboxylic acids is 1. The minimum atomic E-state index is -1.63. The maximum Gasteiger partial charge on any atom is 0.265 e. The number of quaternary nitrogens is 1. The molecule has 0 aliphatic heterocycles. The first-order valence-electron chi connectivity index (χ1n) is 5.73. The van der Waals surface area contributed by atoms with E-state index >= 15 is 0 Å². The summed E-state index contributed by atoms with van der Waals surface area (Å²) in [6.07, 6.45) is 0.852. The number of alkyl halides is 3. The van der Waals surface area contributed by atoms with Gasteiger partial charge in [-0.1, -0.05) is 40.9 Å². The topological polar surface area (TPSA) is 58.9 Å². The van der Waals surface area contributed by atoms with E-state index in [4.69, 9.17) is 39.2 Å². The van der Waals surface area contributed by atoms with Gasteiger partial charge < -0.3 is 9.73 Å². The Labute approximate surface area is 135 Å². The van der Waals surface area contributed by atoms with Crippen molar-refractivity contribution in [3.8, 4) is 0 Å². The number of thiophene rings is 1. The lowest BCUT2D eigenvalue weighted by atomic mass is 10.4. The summed E-state index contributed by atoms with van der Waals surface area (Å²) < 4.78 is 3.58. The van der Waals surface area contributed by atoms with Crippen molar-refractivity contribution in [2.75, 3.05) is 0 Å². The van der Waals surface area contributed by atoms with Crippen molar-refractivity contribution >= 4 is 52.0 Å². The van der Waals surface area contributed by atoms with Crippen molar-refractivity contribution in [1.29, 1.82) is 0 Å². The first-order valence-corrected chi connectivity index (χ1v) is 7.75. The highest BCUT2D eigenvalue weighted by atomic mass is 35.6. The third-order valence-electron chi connectivity index (χ3n) is 2.52. The molecule has 0 saturated heterocycles. The van der Waals surface area contributed by atoms with Gasteiger partial charge in [-0.3, -0.25) is 10.1 Å². The molecule has 0 saturated carbocycles. The van der Waals surface area contributed by atoms with E-state index in [0.717, 1.165) is 5.76 Å². The van der Waals surface area contributed by atoms with E-state index in [0.29, 0.717) is 11.4 Å². The summed E-state index contributed by atoms with van der Waals surface area (Å²) in [6, 6.07) is 7.09. The van der Waals surface area contributed by atoms with Crippen LogP contribution in [0.2, 0.25) is 0 Å². The quantitative estimate of drug-likeness (QED) is 0.640. The predicted molar refractivity (Wildman–Crippen MR) is 80.2 cm³/mol. The summed E-state index contributed by atoms with van der Waals surface area (Å²) in [6.45, 7) is 0.455. The number of hydrogen-bond donors (Lipinski definition) is 2. The number of nitrogens with two attached hydrogens (primary N) is 1. The SMILES string of the molecule is O=C(N[C@@H]([NH2+]Cc1ccco1)C(Cl)(Cl)Cl)c1cccs1. The van der Waals surface area contributed by atoms with E-state index in [9.17, 15) is 4.79 Å². The number of halogens is 3. The van der Waals surface area contributed by atoms with Crippen LogP contribution in [0.1, 0.15) is 15.4 Å². The fraction of sp³-hybridized carbons (Fsp3) is 0.250. The Kier molecular flexibility index (Phi) is 5.35. The zero-order chi connectivity index (χ0) is 14.6. The van der Waals surface area contributed by atoms with Crippen LogP contribution in [0.15, 0.2) is 40.3 Å². The summed E-state index contributed by atoms with van der Waals surface area (Å²) in [7, 11) is 0. The van der Waals surface area contributed by atoms with Crippen LogP contribution in [0, 0.1) is 0 Å². The third-order valence-corrected chi connectivity index (χ3v) is 4.09. The minimum Gasteiger partial charge on any atom is -0.463 e. The third kappa shape index (κ3) is 4.40. The molecule has 0 aliphatic carbocycles. The Bertz CT molecular complexity index is 538. The van der Waals surface area contributed by atoms with Crippen LogP contribution >= 0.6 is 46.1 Å². The molecule has 0 aliphatic rings.